The van der Waals surface area contributed by atoms with Crippen LogP contribution >= 0.6 is 11.6 Å². The van der Waals surface area contributed by atoms with Crippen LogP contribution in [0.4, 0.5) is 0 Å². The lowest BCUT2D eigenvalue weighted by Crippen LogP contribution is -2.39. The van der Waals surface area contributed by atoms with Crippen molar-refractivity contribution in [2.24, 2.45) is 0 Å². The van der Waals surface area contributed by atoms with Gasteiger partial charge >= 0.3 is 0 Å². The van der Waals surface area contributed by atoms with Crippen molar-refractivity contribution < 1.29 is 9.53 Å². The molecule has 2 aromatic carbocycles. The van der Waals surface area contributed by atoms with E-state index in [1.807, 2.05) is 44.2 Å². The van der Waals surface area contributed by atoms with Crippen molar-refractivity contribution in [3.8, 4) is 17.0 Å². The molecule has 0 fully saturated rings. The van der Waals surface area contributed by atoms with Crippen molar-refractivity contribution in [3.63, 3.8) is 0 Å². The Bertz CT molecular complexity index is 1090. The number of benzene rings is 2. The first kappa shape index (κ1) is 21.6. The number of halogens is 1. The summed E-state index contributed by atoms with van der Waals surface area (Å²) in [6.45, 7) is 6.22. The van der Waals surface area contributed by atoms with Gasteiger partial charge in [-0.25, -0.2) is 4.68 Å². The fraction of sp³-hybridized carbons (Fsp3) is 0.261. The molecule has 6 nitrogen and oxygen atoms in total. The van der Waals surface area contributed by atoms with E-state index in [1.54, 1.807) is 25.1 Å². The quantitative estimate of drug-likeness (QED) is 0.625. The van der Waals surface area contributed by atoms with Crippen LogP contribution in [0.15, 0.2) is 59.4 Å². The monoisotopic (exact) mass is 425 g/mol. The van der Waals surface area contributed by atoms with Gasteiger partial charge in [0, 0.05) is 23.2 Å². The van der Waals surface area contributed by atoms with Crippen LogP contribution in [0.2, 0.25) is 5.02 Å². The van der Waals surface area contributed by atoms with Gasteiger partial charge in [0.1, 0.15) is 5.75 Å². The molecule has 1 heterocycles. The second-order valence-electron chi connectivity index (χ2n) is 7.08. The molecule has 0 aliphatic rings. The van der Waals surface area contributed by atoms with E-state index in [-0.39, 0.29) is 24.6 Å². The molecule has 1 atom stereocenters. The maximum atomic E-state index is 12.3. The molecule has 0 saturated carbocycles. The zero-order valence-corrected chi connectivity index (χ0v) is 17.9. The smallest absolute Gasteiger partial charge is 0.266 e. The minimum atomic E-state index is -0.655. The molecule has 0 aliphatic carbocycles. The Kier molecular flexibility index (Phi) is 6.90. The lowest BCUT2D eigenvalue weighted by Gasteiger charge is -2.16. The molecule has 3 rings (SSSR count). The SMILES string of the molecule is Cc1ccc(OC(C)C(=O)NCCn2nc(-c3ccc(Cl)cc3)ccc2=O)cc1C. The number of ether oxygens (including phenoxy) is 1. The second kappa shape index (κ2) is 9.59. The highest BCUT2D eigenvalue weighted by Gasteiger charge is 2.14. The summed E-state index contributed by atoms with van der Waals surface area (Å²) in [6, 6.07) is 16.1. The Morgan fingerprint density at radius 2 is 1.83 bits per heavy atom. The minimum Gasteiger partial charge on any atom is -0.481 e. The zero-order valence-electron chi connectivity index (χ0n) is 17.2. The van der Waals surface area contributed by atoms with Gasteiger partial charge in [0.2, 0.25) is 0 Å². The van der Waals surface area contributed by atoms with Crippen LogP contribution in [0, 0.1) is 13.8 Å². The van der Waals surface area contributed by atoms with Gasteiger partial charge in [0.25, 0.3) is 11.5 Å². The Morgan fingerprint density at radius 3 is 2.53 bits per heavy atom. The number of nitrogens with zero attached hydrogens (tertiary/aromatic N) is 2. The summed E-state index contributed by atoms with van der Waals surface area (Å²) in [5.74, 6) is 0.393. The highest BCUT2D eigenvalue weighted by atomic mass is 35.5. The molecule has 0 radical (unpaired) electrons. The fourth-order valence-corrected chi connectivity index (χ4v) is 2.98. The third kappa shape index (κ3) is 5.48. The summed E-state index contributed by atoms with van der Waals surface area (Å²) in [4.78, 5) is 24.4. The van der Waals surface area contributed by atoms with Gasteiger partial charge in [-0.3, -0.25) is 9.59 Å². The predicted octanol–water partition coefficient (Wildman–Crippen LogP) is 3.76. The van der Waals surface area contributed by atoms with E-state index in [0.29, 0.717) is 16.5 Å². The third-order valence-corrected chi connectivity index (χ3v) is 5.04. The summed E-state index contributed by atoms with van der Waals surface area (Å²) >= 11 is 5.92. The fourth-order valence-electron chi connectivity index (χ4n) is 2.86. The summed E-state index contributed by atoms with van der Waals surface area (Å²) in [6.07, 6.45) is -0.655. The molecule has 3 aromatic rings. The standard InChI is InChI=1S/C23H24ClN3O3/c1-15-4-9-20(14-16(15)2)30-17(3)23(29)25-12-13-27-22(28)11-10-21(26-27)18-5-7-19(24)8-6-18/h4-11,14,17H,12-13H2,1-3H3,(H,25,29). The minimum absolute atomic E-state index is 0.235. The van der Waals surface area contributed by atoms with Crippen molar-refractivity contribution in [3.05, 3.63) is 81.1 Å². The number of amides is 1. The first-order valence-corrected chi connectivity index (χ1v) is 10.1. The van der Waals surface area contributed by atoms with Crippen LogP contribution < -0.4 is 15.6 Å². The van der Waals surface area contributed by atoms with Crippen molar-refractivity contribution in [2.75, 3.05) is 6.54 Å². The number of carbonyl (C=O) groups excluding carboxylic acids is 1. The number of hydrogen-bond acceptors (Lipinski definition) is 4. The first-order valence-electron chi connectivity index (χ1n) is 9.69. The molecule has 156 valence electrons. The number of aromatic nitrogens is 2. The lowest BCUT2D eigenvalue weighted by molar-refractivity contribution is -0.127. The van der Waals surface area contributed by atoms with Crippen molar-refractivity contribution in [1.29, 1.82) is 0 Å². The predicted molar refractivity (Wildman–Crippen MR) is 118 cm³/mol. The first-order chi connectivity index (χ1) is 14.3. The van der Waals surface area contributed by atoms with Gasteiger partial charge in [-0.1, -0.05) is 29.8 Å². The van der Waals surface area contributed by atoms with E-state index in [4.69, 9.17) is 16.3 Å². The van der Waals surface area contributed by atoms with Gasteiger partial charge in [-0.05, 0) is 62.2 Å². The summed E-state index contributed by atoms with van der Waals surface area (Å²) in [7, 11) is 0. The molecule has 0 bridgehead atoms. The molecule has 0 aliphatic heterocycles. The molecule has 1 amide bonds. The van der Waals surface area contributed by atoms with Gasteiger partial charge in [-0.15, -0.1) is 0 Å². The van der Waals surface area contributed by atoms with Crippen molar-refractivity contribution in [2.45, 2.75) is 33.4 Å². The number of aryl methyl sites for hydroxylation is 2. The summed E-state index contributed by atoms with van der Waals surface area (Å²) in [5.41, 5.74) is 3.54. The van der Waals surface area contributed by atoms with E-state index in [9.17, 15) is 9.59 Å². The van der Waals surface area contributed by atoms with E-state index in [0.717, 1.165) is 11.1 Å². The maximum Gasteiger partial charge on any atom is 0.266 e. The Hall–Kier alpha value is -3.12. The van der Waals surface area contributed by atoms with Gasteiger partial charge in [0.05, 0.1) is 12.2 Å². The summed E-state index contributed by atoms with van der Waals surface area (Å²) < 4.78 is 7.05. The average molecular weight is 426 g/mol. The molecule has 1 N–H and O–H groups in total. The van der Waals surface area contributed by atoms with Crippen LogP contribution in [0.5, 0.6) is 5.75 Å². The Morgan fingerprint density at radius 1 is 1.10 bits per heavy atom. The number of hydrogen-bond donors (Lipinski definition) is 1. The molecule has 7 heteroatoms. The van der Waals surface area contributed by atoms with E-state index < -0.39 is 6.10 Å². The number of rotatable bonds is 7. The number of nitrogens with one attached hydrogen (secondary N) is 1. The molecule has 1 unspecified atom stereocenters. The molecule has 0 saturated heterocycles. The molecular formula is C23H24ClN3O3. The maximum absolute atomic E-state index is 12.3. The van der Waals surface area contributed by atoms with Crippen LogP contribution in [0.3, 0.4) is 0 Å². The van der Waals surface area contributed by atoms with E-state index in [2.05, 4.69) is 10.4 Å². The number of carbonyl (C=O) groups is 1. The topological polar surface area (TPSA) is 73.2 Å². The van der Waals surface area contributed by atoms with Crippen LogP contribution in [-0.2, 0) is 11.3 Å². The third-order valence-electron chi connectivity index (χ3n) is 4.79. The van der Waals surface area contributed by atoms with Crippen molar-refractivity contribution >= 4 is 17.5 Å². The van der Waals surface area contributed by atoms with Gasteiger partial charge in [0.15, 0.2) is 6.10 Å². The van der Waals surface area contributed by atoms with Crippen LogP contribution in [0.1, 0.15) is 18.1 Å². The van der Waals surface area contributed by atoms with E-state index >= 15 is 0 Å². The van der Waals surface area contributed by atoms with Crippen LogP contribution in [-0.4, -0.2) is 28.3 Å². The highest BCUT2D eigenvalue weighted by Crippen LogP contribution is 2.19. The average Bonchev–Trinajstić information content (AvgIpc) is 2.72. The molecule has 0 spiro atoms. The lowest BCUT2D eigenvalue weighted by atomic mass is 10.1. The zero-order chi connectivity index (χ0) is 21.7. The Balaban J connectivity index is 1.58. The van der Waals surface area contributed by atoms with Gasteiger partial charge < -0.3 is 10.1 Å². The Labute approximate surface area is 180 Å². The second-order valence-corrected chi connectivity index (χ2v) is 7.52. The normalized spacial score (nSPS) is 11.7. The molecular weight excluding hydrogens is 402 g/mol. The molecule has 1 aromatic heterocycles. The van der Waals surface area contributed by atoms with Crippen molar-refractivity contribution in [1.82, 2.24) is 15.1 Å². The van der Waals surface area contributed by atoms with Gasteiger partial charge in [-0.2, -0.15) is 5.10 Å². The van der Waals surface area contributed by atoms with E-state index in [1.165, 1.54) is 16.3 Å². The largest absolute Gasteiger partial charge is 0.481 e. The molecule has 30 heavy (non-hydrogen) atoms. The summed E-state index contributed by atoms with van der Waals surface area (Å²) in [5, 5.41) is 7.80. The van der Waals surface area contributed by atoms with Crippen LogP contribution in [0.25, 0.3) is 11.3 Å². The highest BCUT2D eigenvalue weighted by molar-refractivity contribution is 6.30.